The third kappa shape index (κ3) is 5.05. The zero-order valence-corrected chi connectivity index (χ0v) is 24.0. The summed E-state index contributed by atoms with van der Waals surface area (Å²) in [5.74, 6) is 0.840. The van der Waals surface area contributed by atoms with E-state index in [1.165, 1.54) is 22.7 Å². The molecule has 1 unspecified atom stereocenters. The Morgan fingerprint density at radius 3 is 2.52 bits per heavy atom. The molecule has 4 fully saturated rings. The number of piperazine rings is 1. The summed E-state index contributed by atoms with van der Waals surface area (Å²) >= 11 is 0. The molecular weight excluding hydrogens is 530 g/mol. The maximum Gasteiger partial charge on any atom is 0.256 e. The Kier molecular flexibility index (Phi) is 7.20. The van der Waals surface area contributed by atoms with Gasteiger partial charge in [-0.2, -0.15) is 0 Å². The van der Waals surface area contributed by atoms with Gasteiger partial charge in [0.05, 0.1) is 29.5 Å². The fourth-order valence-electron chi connectivity index (χ4n) is 6.36. The monoisotopic (exact) mass is 567 g/mol. The van der Waals surface area contributed by atoms with Gasteiger partial charge in [0.15, 0.2) is 0 Å². The number of carbonyl (C=O) groups is 2. The number of sulfonamides is 1. The number of aryl methyl sites for hydroxylation is 1. The van der Waals surface area contributed by atoms with E-state index < -0.39 is 15.9 Å². The van der Waals surface area contributed by atoms with E-state index in [1.54, 1.807) is 30.2 Å². The Bertz CT molecular complexity index is 1420. The molecule has 214 valence electrons. The highest BCUT2D eigenvalue weighted by molar-refractivity contribution is 7.93. The van der Waals surface area contributed by atoms with Crippen LogP contribution in [0.15, 0.2) is 30.5 Å². The summed E-state index contributed by atoms with van der Waals surface area (Å²) in [6.07, 6.45) is 4.97. The van der Waals surface area contributed by atoms with E-state index in [2.05, 4.69) is 23.2 Å². The second-order valence-electron chi connectivity index (χ2n) is 11.4. The Labute approximate surface area is 235 Å². The minimum absolute atomic E-state index is 0.0473. The Balaban J connectivity index is 1.24. The third-order valence-corrected chi connectivity index (χ3v) is 10.5. The van der Waals surface area contributed by atoms with E-state index in [0.717, 1.165) is 11.4 Å². The number of benzene rings is 1. The summed E-state index contributed by atoms with van der Waals surface area (Å²) < 4.78 is 32.6. The maximum atomic E-state index is 13.9. The van der Waals surface area contributed by atoms with Gasteiger partial charge >= 0.3 is 0 Å². The SMILES string of the molecule is COCC1CNC(=O)[C@H]1c1ccc(C(=O)N2CCN(c3ncc(C4CC4)cc3C)CC2)c(N2CCCS2(=O)=O)c1. The zero-order chi connectivity index (χ0) is 28.0. The van der Waals surface area contributed by atoms with Gasteiger partial charge < -0.3 is 19.9 Å². The van der Waals surface area contributed by atoms with Crippen LogP contribution < -0.4 is 14.5 Å². The lowest BCUT2D eigenvalue weighted by Crippen LogP contribution is -2.49. The van der Waals surface area contributed by atoms with Crippen LogP contribution in [0.1, 0.15) is 58.1 Å². The molecule has 0 radical (unpaired) electrons. The highest BCUT2D eigenvalue weighted by atomic mass is 32.2. The Morgan fingerprint density at radius 2 is 1.88 bits per heavy atom. The van der Waals surface area contributed by atoms with Gasteiger partial charge in [-0.3, -0.25) is 13.9 Å². The lowest BCUT2D eigenvalue weighted by molar-refractivity contribution is -0.120. The highest BCUT2D eigenvalue weighted by Gasteiger charge is 2.38. The lowest BCUT2D eigenvalue weighted by Gasteiger charge is -2.36. The highest BCUT2D eigenvalue weighted by Crippen LogP contribution is 2.41. The van der Waals surface area contributed by atoms with Gasteiger partial charge in [-0.05, 0) is 60.9 Å². The van der Waals surface area contributed by atoms with Crippen molar-refractivity contribution in [1.29, 1.82) is 0 Å². The summed E-state index contributed by atoms with van der Waals surface area (Å²) in [5, 5.41) is 2.89. The first-order valence-corrected chi connectivity index (χ1v) is 15.8. The maximum absolute atomic E-state index is 13.9. The average Bonchev–Trinajstić information content (AvgIpc) is 3.65. The molecule has 0 spiro atoms. The van der Waals surface area contributed by atoms with E-state index in [-0.39, 0.29) is 23.5 Å². The Morgan fingerprint density at radius 1 is 1.10 bits per heavy atom. The van der Waals surface area contributed by atoms with Gasteiger partial charge in [0, 0.05) is 58.5 Å². The predicted octanol–water partition coefficient (Wildman–Crippen LogP) is 2.25. The van der Waals surface area contributed by atoms with Crippen molar-refractivity contribution < 1.29 is 22.7 Å². The minimum atomic E-state index is -3.54. The van der Waals surface area contributed by atoms with Gasteiger partial charge in [-0.25, -0.2) is 13.4 Å². The van der Waals surface area contributed by atoms with E-state index in [9.17, 15) is 18.0 Å². The van der Waals surface area contributed by atoms with E-state index in [4.69, 9.17) is 9.72 Å². The molecule has 2 amide bonds. The summed E-state index contributed by atoms with van der Waals surface area (Å²) in [4.78, 5) is 35.4. The van der Waals surface area contributed by atoms with Crippen molar-refractivity contribution in [3.63, 3.8) is 0 Å². The van der Waals surface area contributed by atoms with E-state index in [1.807, 2.05) is 6.20 Å². The molecule has 1 N–H and O–H groups in total. The minimum Gasteiger partial charge on any atom is -0.384 e. The molecule has 1 aliphatic carbocycles. The van der Waals surface area contributed by atoms with Gasteiger partial charge in [-0.15, -0.1) is 0 Å². The first-order chi connectivity index (χ1) is 19.3. The standard InChI is InChI=1S/C29H37N5O5S/c1-19-14-22(20-4-5-20)16-30-27(19)32-9-11-33(12-10-32)29(36)24-7-6-21(26-23(18-39-2)17-31-28(26)35)15-25(24)34-8-3-13-40(34,37)38/h6-7,14-16,20,23,26H,3-5,8-13,17-18H2,1-2H3,(H,31,35)/t23?,26-/m0/s1. The number of ether oxygens (including phenoxy) is 1. The first-order valence-electron chi connectivity index (χ1n) is 14.2. The second-order valence-corrected chi connectivity index (χ2v) is 13.4. The molecule has 11 heteroatoms. The first kappa shape index (κ1) is 27.0. The van der Waals surface area contributed by atoms with Crippen molar-refractivity contribution in [3.05, 3.63) is 52.7 Å². The van der Waals surface area contributed by atoms with Gasteiger partial charge in [-0.1, -0.05) is 12.1 Å². The smallest absolute Gasteiger partial charge is 0.256 e. The topological polar surface area (TPSA) is 112 Å². The number of hydrogen-bond donors (Lipinski definition) is 1. The number of amides is 2. The van der Waals surface area contributed by atoms with Gasteiger partial charge in [0.1, 0.15) is 5.82 Å². The summed E-state index contributed by atoms with van der Waals surface area (Å²) in [6, 6.07) is 7.47. The molecular formula is C29H37N5O5S. The average molecular weight is 568 g/mol. The van der Waals surface area contributed by atoms with Crippen LogP contribution in [-0.2, 0) is 19.6 Å². The Hall–Kier alpha value is -3.18. The van der Waals surface area contributed by atoms with Crippen LogP contribution in [0, 0.1) is 12.8 Å². The predicted molar refractivity (Wildman–Crippen MR) is 152 cm³/mol. The molecule has 1 saturated carbocycles. The molecule has 2 atom stereocenters. The third-order valence-electron chi connectivity index (χ3n) is 8.64. The molecule has 0 bridgehead atoms. The van der Waals surface area contributed by atoms with E-state index in [0.29, 0.717) is 75.0 Å². The molecule has 1 aromatic carbocycles. The van der Waals surface area contributed by atoms with Crippen molar-refractivity contribution in [2.24, 2.45) is 5.92 Å². The van der Waals surface area contributed by atoms with Crippen LogP contribution in [0.25, 0.3) is 0 Å². The molecule has 4 aliphatic rings. The number of nitrogens with zero attached hydrogens (tertiary/aromatic N) is 4. The molecule has 10 nitrogen and oxygen atoms in total. The molecule has 6 rings (SSSR count). The van der Waals surface area contributed by atoms with Crippen molar-refractivity contribution in [2.75, 3.05) is 67.9 Å². The number of anilines is 2. The molecule has 1 aromatic heterocycles. The van der Waals surface area contributed by atoms with Crippen LogP contribution in [0.3, 0.4) is 0 Å². The number of carbonyl (C=O) groups excluding carboxylic acids is 2. The number of pyridine rings is 1. The van der Waals surface area contributed by atoms with Crippen molar-refractivity contribution >= 4 is 33.3 Å². The van der Waals surface area contributed by atoms with Crippen molar-refractivity contribution in [2.45, 2.75) is 38.0 Å². The fraction of sp³-hybridized carbons (Fsp3) is 0.552. The summed E-state index contributed by atoms with van der Waals surface area (Å²) in [5.41, 5.74) is 3.89. The number of aromatic nitrogens is 1. The van der Waals surface area contributed by atoms with Crippen LogP contribution in [-0.4, -0.2) is 88.9 Å². The van der Waals surface area contributed by atoms with Crippen LogP contribution in [0.2, 0.25) is 0 Å². The van der Waals surface area contributed by atoms with Gasteiger partial charge in [0.2, 0.25) is 15.9 Å². The quantitative estimate of drug-likeness (QED) is 0.546. The summed E-state index contributed by atoms with van der Waals surface area (Å²) in [6.45, 7) is 5.65. The largest absolute Gasteiger partial charge is 0.384 e. The number of methoxy groups -OCH3 is 1. The number of rotatable bonds is 7. The molecule has 40 heavy (non-hydrogen) atoms. The van der Waals surface area contributed by atoms with Crippen LogP contribution in [0.4, 0.5) is 11.5 Å². The van der Waals surface area contributed by atoms with Crippen LogP contribution in [0.5, 0.6) is 0 Å². The molecule has 3 saturated heterocycles. The zero-order valence-electron chi connectivity index (χ0n) is 23.1. The fourth-order valence-corrected chi connectivity index (χ4v) is 7.93. The number of nitrogens with one attached hydrogen (secondary N) is 1. The summed E-state index contributed by atoms with van der Waals surface area (Å²) in [7, 11) is -1.94. The van der Waals surface area contributed by atoms with Crippen LogP contribution >= 0.6 is 0 Å². The van der Waals surface area contributed by atoms with Crippen molar-refractivity contribution in [1.82, 2.24) is 15.2 Å². The molecule has 3 aliphatic heterocycles. The number of hydrogen-bond acceptors (Lipinski definition) is 7. The normalized spacial score (nSPS) is 24.4. The van der Waals surface area contributed by atoms with Crippen molar-refractivity contribution in [3.8, 4) is 0 Å². The second kappa shape index (κ2) is 10.7. The lowest BCUT2D eigenvalue weighted by atomic mass is 9.87. The molecule has 4 heterocycles. The molecule has 2 aromatic rings. The van der Waals surface area contributed by atoms with E-state index >= 15 is 0 Å². The van der Waals surface area contributed by atoms with Gasteiger partial charge in [0.25, 0.3) is 5.91 Å².